The van der Waals surface area contributed by atoms with Crippen LogP contribution in [-0.4, -0.2) is 93.3 Å². The van der Waals surface area contributed by atoms with E-state index in [4.69, 9.17) is 15.3 Å². The second-order valence-corrected chi connectivity index (χ2v) is 13.0. The molecule has 232 valence electrons. The largest absolute Gasteiger partial charge is 0.503 e. The quantitative estimate of drug-likeness (QED) is 0.0575. The Balaban J connectivity index is 1.29. The molecular weight excluding hydrogens is 661 g/mol. The van der Waals surface area contributed by atoms with E-state index in [9.17, 15) is 34.6 Å². The molecule has 0 aliphatic carbocycles. The fraction of sp³-hybridized carbons (Fsp3) is 0.304. The number of oxime groups is 1. The van der Waals surface area contributed by atoms with Crippen molar-refractivity contribution in [1.29, 1.82) is 0 Å². The van der Waals surface area contributed by atoms with Crippen molar-refractivity contribution in [2.24, 2.45) is 5.16 Å². The normalized spacial score (nSPS) is 18.1. The first-order valence-corrected chi connectivity index (χ1v) is 16.2. The van der Waals surface area contributed by atoms with Gasteiger partial charge in [0, 0.05) is 23.0 Å². The van der Waals surface area contributed by atoms with Gasteiger partial charge in [-0.15, -0.1) is 28.2 Å². The third-order valence-electron chi connectivity index (χ3n) is 6.00. The van der Waals surface area contributed by atoms with Gasteiger partial charge in [0.1, 0.15) is 28.5 Å². The molecule has 0 spiro atoms. The zero-order valence-electron chi connectivity index (χ0n) is 22.4. The van der Waals surface area contributed by atoms with Gasteiger partial charge in [-0.25, -0.2) is 9.78 Å². The summed E-state index contributed by atoms with van der Waals surface area (Å²) in [5.41, 5.74) is 4.90. The summed E-state index contributed by atoms with van der Waals surface area (Å²) in [4.78, 5) is 60.8. The fourth-order valence-electron chi connectivity index (χ4n) is 4.02. The number of nitrogens with two attached hydrogens (primary N) is 1. The minimum absolute atomic E-state index is 0.0339. The summed E-state index contributed by atoms with van der Waals surface area (Å²) in [5.74, 6) is -2.90. The van der Waals surface area contributed by atoms with E-state index in [1.807, 2.05) is 6.92 Å². The molecule has 0 aromatic carbocycles. The summed E-state index contributed by atoms with van der Waals surface area (Å²) in [6, 6.07) is -0.159. The third kappa shape index (κ3) is 6.44. The summed E-state index contributed by atoms with van der Waals surface area (Å²) < 4.78 is 6.36. The van der Waals surface area contributed by atoms with Crippen molar-refractivity contribution < 1.29 is 39.4 Å². The molecule has 0 saturated carbocycles. The first kappa shape index (κ1) is 31.1. The number of nitrogens with zero attached hydrogens (tertiary/aromatic N) is 6. The molecular formula is C23H22N8O9S4. The van der Waals surface area contributed by atoms with Crippen molar-refractivity contribution in [2.75, 3.05) is 23.8 Å². The summed E-state index contributed by atoms with van der Waals surface area (Å²) >= 11 is 4.82. The van der Waals surface area contributed by atoms with Crippen LogP contribution >= 0.6 is 46.2 Å². The number of pyridine rings is 1. The van der Waals surface area contributed by atoms with Crippen molar-refractivity contribution in [2.45, 2.75) is 29.3 Å². The molecule has 17 nitrogen and oxygen atoms in total. The molecule has 21 heteroatoms. The minimum atomic E-state index is -1.28. The number of amides is 2. The summed E-state index contributed by atoms with van der Waals surface area (Å²) in [5, 5.41) is 44.8. The van der Waals surface area contributed by atoms with Gasteiger partial charge in [-0.3, -0.25) is 19.3 Å². The number of carbonyl (C=O) groups is 3. The smallest absolute Gasteiger partial charge is 0.352 e. The predicted molar refractivity (Wildman–Crippen MR) is 159 cm³/mol. The monoisotopic (exact) mass is 682 g/mol. The van der Waals surface area contributed by atoms with Crippen LogP contribution in [0.4, 0.5) is 5.13 Å². The van der Waals surface area contributed by atoms with Gasteiger partial charge in [-0.2, -0.15) is 4.73 Å². The Morgan fingerprint density at radius 3 is 2.82 bits per heavy atom. The maximum Gasteiger partial charge on any atom is 0.352 e. The molecule has 3 aromatic heterocycles. The van der Waals surface area contributed by atoms with Crippen molar-refractivity contribution in [3.8, 4) is 10.9 Å². The molecule has 1 saturated heterocycles. The van der Waals surface area contributed by atoms with E-state index in [0.717, 1.165) is 28.5 Å². The zero-order chi connectivity index (χ0) is 31.5. The van der Waals surface area contributed by atoms with Gasteiger partial charge < -0.3 is 36.0 Å². The van der Waals surface area contributed by atoms with Crippen LogP contribution in [0.2, 0.25) is 0 Å². The predicted octanol–water partition coefficient (Wildman–Crippen LogP) is 0.532. The number of aliphatic carboxylic acids is 1. The Bertz CT molecular complexity index is 1740. The number of hydrogen-bond donors (Lipinski definition) is 5. The number of fused-ring (bicyclic) bond motifs is 1. The summed E-state index contributed by atoms with van der Waals surface area (Å²) in [7, 11) is 0. The Kier molecular flexibility index (Phi) is 9.27. The Morgan fingerprint density at radius 2 is 2.11 bits per heavy atom. The van der Waals surface area contributed by atoms with Crippen LogP contribution in [0.5, 0.6) is 10.9 Å². The van der Waals surface area contributed by atoms with Crippen molar-refractivity contribution in [3.63, 3.8) is 0 Å². The molecule has 2 aliphatic rings. The SMILES string of the molecule is CCOc1nnc(SCC2=C(C(=O)O)N3C(=O)[C@@H](NC(=O)/C(=N/OCc4cc(=O)c(O)cn4O)c4csc(N)n4)[C@H]3SC2)s1. The van der Waals surface area contributed by atoms with Gasteiger partial charge in [0.2, 0.25) is 5.43 Å². The molecule has 5 heterocycles. The maximum atomic E-state index is 13.3. The first-order valence-electron chi connectivity index (χ1n) is 12.4. The maximum absolute atomic E-state index is 13.3. The van der Waals surface area contributed by atoms with E-state index in [1.165, 1.54) is 40.2 Å². The number of rotatable bonds is 12. The van der Waals surface area contributed by atoms with E-state index in [2.05, 4.69) is 25.7 Å². The standard InChI is InChI=1S/C23H22N8O9S4/c1-2-39-22-27-28-23(44-22)43-7-9-6-41-19-15(18(35)31(19)16(9)20(36)37)26-17(34)14(11-8-42-21(24)25-11)29-40-5-10-3-12(32)13(33)4-30(10)38/h3-4,8,15,19,33,38H,2,5-7H2,1H3,(H2,24,25)(H,26,34)(H,36,37)/b29-14+/t15-,19-/m1/s1. The number of anilines is 1. The number of nitrogen functional groups attached to an aromatic ring is 1. The van der Waals surface area contributed by atoms with Crippen LogP contribution in [0.15, 0.2) is 43.2 Å². The highest BCUT2D eigenvalue weighted by Crippen LogP contribution is 2.42. The number of carboxylic acids is 1. The number of carbonyl (C=O) groups excluding carboxylic acids is 2. The lowest BCUT2D eigenvalue weighted by Crippen LogP contribution is -2.71. The van der Waals surface area contributed by atoms with Crippen molar-refractivity contribution in [3.05, 3.63) is 50.5 Å². The number of hydrogen-bond acceptors (Lipinski definition) is 17. The molecule has 0 unspecified atom stereocenters. The van der Waals surface area contributed by atoms with Gasteiger partial charge in [-0.1, -0.05) is 22.0 Å². The van der Waals surface area contributed by atoms with Gasteiger partial charge in [0.25, 0.3) is 17.0 Å². The average Bonchev–Trinajstić information content (AvgIpc) is 3.63. The van der Waals surface area contributed by atoms with Gasteiger partial charge >= 0.3 is 5.97 Å². The molecule has 2 aliphatic heterocycles. The highest BCUT2D eigenvalue weighted by atomic mass is 32.2. The van der Waals surface area contributed by atoms with E-state index < -0.39 is 47.0 Å². The fourth-order valence-corrected chi connectivity index (χ4v) is 7.79. The number of aromatic nitrogens is 4. The van der Waals surface area contributed by atoms with Crippen LogP contribution in [-0.2, 0) is 25.8 Å². The molecule has 1 fully saturated rings. The van der Waals surface area contributed by atoms with Crippen molar-refractivity contribution >= 4 is 74.8 Å². The lowest BCUT2D eigenvalue weighted by atomic mass is 10.0. The van der Waals surface area contributed by atoms with Crippen LogP contribution in [0, 0.1) is 0 Å². The van der Waals surface area contributed by atoms with Crippen LogP contribution in [0.3, 0.4) is 0 Å². The Labute approximate surface area is 263 Å². The number of carboxylic acid groups (broad SMARTS) is 1. The van der Waals surface area contributed by atoms with Crippen molar-refractivity contribution in [1.82, 2.24) is 30.1 Å². The molecule has 44 heavy (non-hydrogen) atoms. The Hall–Kier alpha value is -4.34. The van der Waals surface area contributed by atoms with E-state index in [-0.39, 0.29) is 39.4 Å². The molecule has 3 aromatic rings. The lowest BCUT2D eigenvalue weighted by Gasteiger charge is -2.49. The minimum Gasteiger partial charge on any atom is -0.503 e. The van der Waals surface area contributed by atoms with Gasteiger partial charge in [-0.05, 0) is 23.8 Å². The lowest BCUT2D eigenvalue weighted by molar-refractivity contribution is -0.150. The van der Waals surface area contributed by atoms with Crippen LogP contribution in [0.25, 0.3) is 0 Å². The molecule has 6 N–H and O–H groups in total. The molecule has 5 rings (SSSR count). The highest BCUT2D eigenvalue weighted by molar-refractivity contribution is 8.01. The number of aromatic hydroxyl groups is 1. The number of β-lactam (4-membered cyclic amide) rings is 1. The van der Waals surface area contributed by atoms with E-state index in [1.54, 1.807) is 0 Å². The molecule has 2 atom stereocenters. The number of nitrogens with one attached hydrogen (secondary N) is 1. The molecule has 0 radical (unpaired) electrons. The Morgan fingerprint density at radius 1 is 1.32 bits per heavy atom. The second kappa shape index (κ2) is 13.1. The van der Waals surface area contributed by atoms with Gasteiger partial charge in [0.15, 0.2) is 27.5 Å². The first-order chi connectivity index (χ1) is 21.1. The van der Waals surface area contributed by atoms with Gasteiger partial charge in [0.05, 0.1) is 12.8 Å². The van der Waals surface area contributed by atoms with Crippen LogP contribution < -0.4 is 21.2 Å². The number of ether oxygens (including phenoxy) is 1. The number of thiazole rings is 1. The number of thioether (sulfide) groups is 2. The molecule has 2 amide bonds. The highest BCUT2D eigenvalue weighted by Gasteiger charge is 2.54. The van der Waals surface area contributed by atoms with Crippen LogP contribution in [0.1, 0.15) is 18.3 Å². The summed E-state index contributed by atoms with van der Waals surface area (Å²) in [6.07, 6.45) is 0.772. The van der Waals surface area contributed by atoms with E-state index in [0.29, 0.717) is 26.4 Å². The van der Waals surface area contributed by atoms with E-state index >= 15 is 0 Å². The third-order valence-corrected chi connectivity index (χ3v) is 10.1. The zero-order valence-corrected chi connectivity index (χ0v) is 25.7. The average molecular weight is 683 g/mol. The molecule has 0 bridgehead atoms. The second-order valence-electron chi connectivity index (χ2n) is 8.82. The topological polar surface area (TPSA) is 245 Å². The summed E-state index contributed by atoms with van der Waals surface area (Å²) in [6.45, 7) is 1.78.